The van der Waals surface area contributed by atoms with Crippen LogP contribution in [0.1, 0.15) is 168 Å². The summed E-state index contributed by atoms with van der Waals surface area (Å²) in [6.07, 6.45) is 18.1. The maximum Gasteiger partial charge on any atom is 0.339 e. The molecule has 0 atom stereocenters. The van der Waals surface area contributed by atoms with Crippen molar-refractivity contribution in [3.05, 3.63) is 51.6 Å². The smallest absolute Gasteiger partial charge is 0.339 e. The standard InChI is InChI=1S/C36H48F2O6S2/c37-32-33(38)36(45(39,40)41)29-21-13-2-1-12-20-28(29)34(32)44-46(42,43)35-30(25-16-8-4-9-17-25)22-27(24-14-6-3-7-15-24)23-31(35)26-18-10-5-11-19-26/h22-26H,1-21H2,(H,39,40,41). The van der Waals surface area contributed by atoms with Crippen molar-refractivity contribution in [3.8, 4) is 5.75 Å². The largest absolute Gasteiger partial charge is 0.375 e. The Bertz CT molecular complexity index is 1600. The molecule has 46 heavy (non-hydrogen) atoms. The molecule has 4 aliphatic carbocycles. The van der Waals surface area contributed by atoms with E-state index in [9.17, 15) is 21.4 Å². The molecular weight excluding hydrogens is 631 g/mol. The van der Waals surface area contributed by atoms with Gasteiger partial charge in [0.15, 0.2) is 11.6 Å². The molecule has 4 aliphatic rings. The SMILES string of the molecule is O=S(=O)(O)c1c(F)c(F)c(OS(=O)(=O)c2c(C3CCCCC3)cc(C3CCCCC3)cc2C2CCCCC2)c2c1CCCCCC2. The first-order valence-electron chi connectivity index (χ1n) is 17.7. The van der Waals surface area contributed by atoms with E-state index in [1.54, 1.807) is 0 Å². The van der Waals surface area contributed by atoms with Crippen molar-refractivity contribution < 1.29 is 34.4 Å². The molecule has 0 heterocycles. The van der Waals surface area contributed by atoms with Crippen LogP contribution >= 0.6 is 0 Å². The van der Waals surface area contributed by atoms with Crippen LogP contribution in [0.2, 0.25) is 0 Å². The highest BCUT2D eigenvalue weighted by Gasteiger charge is 2.38. The van der Waals surface area contributed by atoms with E-state index in [0.717, 1.165) is 114 Å². The van der Waals surface area contributed by atoms with Crippen molar-refractivity contribution in [2.75, 3.05) is 0 Å². The van der Waals surface area contributed by atoms with Crippen LogP contribution in [0.3, 0.4) is 0 Å². The summed E-state index contributed by atoms with van der Waals surface area (Å²) in [7, 11) is -9.80. The molecule has 254 valence electrons. The summed E-state index contributed by atoms with van der Waals surface area (Å²) in [6.45, 7) is 0. The van der Waals surface area contributed by atoms with Crippen LogP contribution in [0.25, 0.3) is 0 Å². The number of fused-ring (bicyclic) bond motifs is 1. The molecule has 0 saturated heterocycles. The zero-order chi connectivity index (χ0) is 32.5. The van der Waals surface area contributed by atoms with Gasteiger partial charge < -0.3 is 4.18 Å². The highest BCUT2D eigenvalue weighted by Crippen LogP contribution is 2.47. The summed E-state index contributed by atoms with van der Waals surface area (Å²) in [4.78, 5) is -0.988. The van der Waals surface area contributed by atoms with Crippen molar-refractivity contribution in [1.29, 1.82) is 0 Å². The molecule has 0 spiro atoms. The Labute approximate surface area is 273 Å². The molecule has 6 nitrogen and oxygen atoms in total. The fourth-order valence-electron chi connectivity index (χ4n) is 8.82. The molecule has 3 saturated carbocycles. The lowest BCUT2D eigenvalue weighted by Crippen LogP contribution is -2.23. The van der Waals surface area contributed by atoms with Crippen LogP contribution in [0.15, 0.2) is 21.9 Å². The Morgan fingerprint density at radius 3 is 1.48 bits per heavy atom. The lowest BCUT2D eigenvalue weighted by molar-refractivity contribution is 0.402. The molecule has 0 unspecified atom stereocenters. The van der Waals surface area contributed by atoms with Crippen LogP contribution < -0.4 is 4.18 Å². The third-order valence-corrected chi connectivity index (χ3v) is 13.4. The number of hydrogen-bond donors (Lipinski definition) is 1. The monoisotopic (exact) mass is 678 g/mol. The second-order valence-electron chi connectivity index (χ2n) is 14.2. The predicted octanol–water partition coefficient (Wildman–Crippen LogP) is 9.78. The molecule has 10 heteroatoms. The summed E-state index contributed by atoms with van der Waals surface area (Å²) in [6, 6.07) is 4.19. The topological polar surface area (TPSA) is 97.7 Å². The minimum atomic E-state index is -5.12. The van der Waals surface area contributed by atoms with Crippen LogP contribution in [0.5, 0.6) is 5.75 Å². The number of benzene rings is 2. The minimum Gasteiger partial charge on any atom is -0.375 e. The molecule has 6 rings (SSSR count). The molecule has 0 aromatic heterocycles. The van der Waals surface area contributed by atoms with Gasteiger partial charge in [0, 0.05) is 5.56 Å². The second kappa shape index (κ2) is 14.2. The van der Waals surface area contributed by atoms with Gasteiger partial charge in [-0.05, 0) is 104 Å². The summed E-state index contributed by atoms with van der Waals surface area (Å²) in [5.74, 6) is -3.82. The molecule has 0 amide bonds. The second-order valence-corrected chi connectivity index (χ2v) is 17.0. The molecule has 2 aromatic rings. The number of rotatable bonds is 7. The molecule has 1 N–H and O–H groups in total. The van der Waals surface area contributed by atoms with E-state index in [1.165, 1.54) is 12.0 Å². The molecule has 3 fully saturated rings. The molecule has 2 aromatic carbocycles. The molecule has 0 bridgehead atoms. The maximum atomic E-state index is 15.9. The summed E-state index contributed by atoms with van der Waals surface area (Å²) >= 11 is 0. The minimum absolute atomic E-state index is 0.0204. The van der Waals surface area contributed by atoms with Gasteiger partial charge in [-0.3, -0.25) is 4.55 Å². The third kappa shape index (κ3) is 7.05. The summed E-state index contributed by atoms with van der Waals surface area (Å²) in [5.41, 5.74) is 2.63. The fraction of sp³-hybridized carbons (Fsp3) is 0.667. The van der Waals surface area contributed by atoms with E-state index >= 15 is 8.78 Å². The first-order valence-corrected chi connectivity index (χ1v) is 20.5. The third-order valence-electron chi connectivity index (χ3n) is 11.1. The number of hydrogen-bond acceptors (Lipinski definition) is 5. The zero-order valence-electron chi connectivity index (χ0n) is 26.8. The van der Waals surface area contributed by atoms with Gasteiger partial charge in [-0.2, -0.15) is 21.2 Å². The van der Waals surface area contributed by atoms with E-state index in [1.807, 2.05) is 0 Å². The van der Waals surface area contributed by atoms with Gasteiger partial charge in [-0.1, -0.05) is 82.8 Å². The molecule has 0 aliphatic heterocycles. The summed E-state index contributed by atoms with van der Waals surface area (Å²) in [5, 5.41) is 0. The van der Waals surface area contributed by atoms with E-state index in [4.69, 9.17) is 4.18 Å². The maximum absolute atomic E-state index is 15.9. The van der Waals surface area contributed by atoms with Crippen LogP contribution in [0.4, 0.5) is 8.78 Å². The van der Waals surface area contributed by atoms with E-state index < -0.39 is 42.5 Å². The van der Waals surface area contributed by atoms with Crippen molar-refractivity contribution in [2.45, 2.75) is 162 Å². The van der Waals surface area contributed by atoms with Crippen LogP contribution in [-0.2, 0) is 33.1 Å². The average molecular weight is 679 g/mol. The van der Waals surface area contributed by atoms with Crippen molar-refractivity contribution in [2.24, 2.45) is 0 Å². The van der Waals surface area contributed by atoms with Gasteiger partial charge in [0.25, 0.3) is 10.1 Å². The quantitative estimate of drug-likeness (QED) is 0.231. The van der Waals surface area contributed by atoms with Gasteiger partial charge >= 0.3 is 10.1 Å². The Morgan fingerprint density at radius 2 is 1.00 bits per heavy atom. The van der Waals surface area contributed by atoms with Gasteiger partial charge in [0.1, 0.15) is 9.79 Å². The summed E-state index contributed by atoms with van der Waals surface area (Å²) < 4.78 is 101. The fourth-order valence-corrected chi connectivity index (χ4v) is 11.2. The van der Waals surface area contributed by atoms with Crippen molar-refractivity contribution in [1.82, 2.24) is 0 Å². The van der Waals surface area contributed by atoms with Gasteiger partial charge in [-0.15, -0.1) is 0 Å². The lowest BCUT2D eigenvalue weighted by atomic mass is 9.76. The first kappa shape index (κ1) is 33.8. The van der Waals surface area contributed by atoms with Gasteiger partial charge in [0.2, 0.25) is 5.82 Å². The van der Waals surface area contributed by atoms with Crippen molar-refractivity contribution in [3.63, 3.8) is 0 Å². The molecular formula is C36H48F2O6S2. The Hall–Kier alpha value is -2.04. The Kier molecular flexibility index (Phi) is 10.5. The Balaban J connectivity index is 1.55. The molecule has 0 radical (unpaired) electrons. The highest BCUT2D eigenvalue weighted by atomic mass is 32.2. The zero-order valence-corrected chi connectivity index (χ0v) is 28.4. The van der Waals surface area contributed by atoms with Crippen LogP contribution in [0, 0.1) is 11.6 Å². The van der Waals surface area contributed by atoms with E-state index in [0.29, 0.717) is 18.8 Å². The normalized spacial score (nSPS) is 21.4. The average Bonchev–Trinajstić information content (AvgIpc) is 3.04. The van der Waals surface area contributed by atoms with E-state index in [2.05, 4.69) is 12.1 Å². The number of halogens is 2. The van der Waals surface area contributed by atoms with Crippen molar-refractivity contribution >= 4 is 20.2 Å². The van der Waals surface area contributed by atoms with Crippen LogP contribution in [-0.4, -0.2) is 21.4 Å². The first-order chi connectivity index (χ1) is 22.1. The lowest BCUT2D eigenvalue weighted by Gasteiger charge is -2.32. The Morgan fingerprint density at radius 1 is 0.565 bits per heavy atom. The predicted molar refractivity (Wildman–Crippen MR) is 174 cm³/mol. The van der Waals surface area contributed by atoms with Gasteiger partial charge in [0.05, 0.1) is 0 Å². The van der Waals surface area contributed by atoms with Gasteiger partial charge in [-0.25, -0.2) is 4.39 Å². The van der Waals surface area contributed by atoms with E-state index in [-0.39, 0.29) is 40.7 Å². The highest BCUT2D eigenvalue weighted by molar-refractivity contribution is 7.87.